The Morgan fingerprint density at radius 3 is 2.69 bits per heavy atom. The van der Waals surface area contributed by atoms with Gasteiger partial charge in [-0.15, -0.1) is 0 Å². The van der Waals surface area contributed by atoms with Crippen molar-refractivity contribution in [1.29, 1.82) is 0 Å². The molecule has 2 aromatic rings. The Morgan fingerprint density at radius 1 is 1.29 bits per heavy atom. The number of nitrogens with zero attached hydrogens (tertiary/aromatic N) is 1. The fourth-order valence-electron chi connectivity index (χ4n) is 4.27. The van der Waals surface area contributed by atoms with Crippen molar-refractivity contribution >= 4 is 34.4 Å². The average Bonchev–Trinajstić information content (AvgIpc) is 3.43. The average molecular weight is 483 g/mol. The molecule has 0 spiro atoms. The molecule has 0 bridgehead atoms. The maximum atomic E-state index is 13.3. The van der Waals surface area contributed by atoms with E-state index in [9.17, 15) is 19.2 Å². The number of carbonyl (C=O) groups excluding carboxylic acids is 4. The quantitative estimate of drug-likeness (QED) is 0.425. The fraction of sp³-hybridized carbons (Fsp3) is 0.462. The van der Waals surface area contributed by atoms with Gasteiger partial charge in [-0.1, -0.05) is 26.0 Å². The van der Waals surface area contributed by atoms with Gasteiger partial charge in [-0.25, -0.2) is 0 Å². The SMILES string of the molecule is C/C=C\C(=O)N(CC(=O)[C@H](CC(C)C)NC(=O)c1cc2c(OC)cccc2[nH]1)C[C@@H]1CCNC1=O. The Hall–Kier alpha value is -3.62. The van der Waals surface area contributed by atoms with Gasteiger partial charge >= 0.3 is 0 Å². The van der Waals surface area contributed by atoms with E-state index in [-0.39, 0.29) is 42.5 Å². The van der Waals surface area contributed by atoms with Crippen LogP contribution < -0.4 is 15.4 Å². The Labute approximate surface area is 205 Å². The van der Waals surface area contributed by atoms with Gasteiger partial charge in [-0.2, -0.15) is 0 Å². The number of Topliss-reactive ketones (excluding diaryl/α,β-unsaturated/α-hetero) is 1. The lowest BCUT2D eigenvalue weighted by molar-refractivity contribution is -0.134. The minimum absolute atomic E-state index is 0.114. The molecular weight excluding hydrogens is 448 g/mol. The van der Waals surface area contributed by atoms with Gasteiger partial charge in [-0.3, -0.25) is 19.2 Å². The lowest BCUT2D eigenvalue weighted by Gasteiger charge is -2.26. The molecule has 35 heavy (non-hydrogen) atoms. The van der Waals surface area contributed by atoms with Crippen LogP contribution in [0.15, 0.2) is 36.4 Å². The molecule has 9 nitrogen and oxygen atoms in total. The molecule has 0 saturated carbocycles. The third-order valence-corrected chi connectivity index (χ3v) is 6.06. The summed E-state index contributed by atoms with van der Waals surface area (Å²) in [6.45, 7) is 6.18. The van der Waals surface area contributed by atoms with Gasteiger partial charge in [0.05, 0.1) is 25.6 Å². The molecule has 1 aliphatic heterocycles. The molecule has 3 rings (SSSR count). The number of carbonyl (C=O) groups is 4. The molecule has 9 heteroatoms. The van der Waals surface area contributed by atoms with Crippen molar-refractivity contribution in [3.05, 3.63) is 42.1 Å². The van der Waals surface area contributed by atoms with E-state index in [1.54, 1.807) is 26.2 Å². The number of hydrogen-bond donors (Lipinski definition) is 3. The van der Waals surface area contributed by atoms with Crippen LogP contribution in [0.2, 0.25) is 0 Å². The first-order valence-electron chi connectivity index (χ1n) is 11.9. The van der Waals surface area contributed by atoms with Gasteiger partial charge in [0.1, 0.15) is 11.4 Å². The number of aromatic nitrogens is 1. The molecule has 3 N–H and O–H groups in total. The number of aromatic amines is 1. The smallest absolute Gasteiger partial charge is 0.268 e. The summed E-state index contributed by atoms with van der Waals surface area (Å²) in [5, 5.41) is 6.38. The van der Waals surface area contributed by atoms with Crippen molar-refractivity contribution in [1.82, 2.24) is 20.5 Å². The number of H-pyrrole nitrogens is 1. The van der Waals surface area contributed by atoms with Crippen molar-refractivity contribution in [2.45, 2.75) is 39.7 Å². The molecule has 2 atom stereocenters. The first kappa shape index (κ1) is 26.0. The Bertz CT molecular complexity index is 1120. The van der Waals surface area contributed by atoms with Crippen molar-refractivity contribution in [2.24, 2.45) is 11.8 Å². The molecule has 0 radical (unpaired) electrons. The minimum atomic E-state index is -0.783. The van der Waals surface area contributed by atoms with Gasteiger partial charge in [0, 0.05) is 24.0 Å². The summed E-state index contributed by atoms with van der Waals surface area (Å²) < 4.78 is 5.36. The van der Waals surface area contributed by atoms with E-state index in [4.69, 9.17) is 4.74 Å². The Kier molecular flexibility index (Phi) is 8.68. The second-order valence-corrected chi connectivity index (χ2v) is 9.22. The molecule has 3 amide bonds. The number of amides is 3. The van der Waals surface area contributed by atoms with E-state index in [0.717, 1.165) is 10.9 Å². The molecule has 1 aliphatic rings. The topological polar surface area (TPSA) is 121 Å². The predicted octanol–water partition coefficient (Wildman–Crippen LogP) is 2.43. The number of ketones is 1. The van der Waals surface area contributed by atoms with E-state index < -0.39 is 11.9 Å². The number of rotatable bonds is 11. The largest absolute Gasteiger partial charge is 0.496 e. The van der Waals surface area contributed by atoms with Gasteiger partial charge in [-0.05, 0) is 50.0 Å². The van der Waals surface area contributed by atoms with Crippen molar-refractivity contribution in [3.63, 3.8) is 0 Å². The first-order valence-corrected chi connectivity index (χ1v) is 11.9. The van der Waals surface area contributed by atoms with Gasteiger partial charge in [0.15, 0.2) is 5.78 Å². The highest BCUT2D eigenvalue weighted by atomic mass is 16.5. The summed E-state index contributed by atoms with van der Waals surface area (Å²) in [6.07, 6.45) is 4.02. The zero-order chi connectivity index (χ0) is 25.5. The second kappa shape index (κ2) is 11.7. The van der Waals surface area contributed by atoms with Crippen LogP contribution in [0.5, 0.6) is 5.75 Å². The highest BCUT2D eigenvalue weighted by Crippen LogP contribution is 2.26. The number of ether oxygens (including phenoxy) is 1. The standard InChI is InChI=1S/C26H34N4O5/c1-5-7-24(32)30(14-17-10-11-27-25(17)33)15-22(31)20(12-16(2)3)29-26(34)21-13-18-19(28-21)8-6-9-23(18)35-4/h5-9,13,16-17,20,28H,10-12,14-15H2,1-4H3,(H,27,33)(H,29,34)/b7-5-/t17-,20-/m0/s1. The molecule has 1 saturated heterocycles. The minimum Gasteiger partial charge on any atom is -0.496 e. The van der Waals surface area contributed by atoms with Crippen LogP contribution >= 0.6 is 0 Å². The number of hydrogen-bond acceptors (Lipinski definition) is 5. The highest BCUT2D eigenvalue weighted by molar-refractivity contribution is 6.02. The summed E-state index contributed by atoms with van der Waals surface area (Å²) in [6, 6.07) is 6.39. The Balaban J connectivity index is 1.77. The zero-order valence-corrected chi connectivity index (χ0v) is 20.7. The number of allylic oxidation sites excluding steroid dienone is 1. The van der Waals surface area contributed by atoms with E-state index in [1.165, 1.54) is 11.0 Å². The van der Waals surface area contributed by atoms with Crippen LogP contribution in [0, 0.1) is 11.8 Å². The first-order chi connectivity index (χ1) is 16.7. The summed E-state index contributed by atoms with van der Waals surface area (Å²) in [7, 11) is 1.56. The van der Waals surface area contributed by atoms with Crippen molar-refractivity contribution in [2.75, 3.05) is 26.7 Å². The van der Waals surface area contributed by atoms with Crippen LogP contribution in [0.25, 0.3) is 10.9 Å². The third kappa shape index (κ3) is 6.49. The number of methoxy groups -OCH3 is 1. The number of nitrogens with one attached hydrogen (secondary N) is 3. The molecule has 1 aromatic heterocycles. The Morgan fingerprint density at radius 2 is 2.06 bits per heavy atom. The van der Waals surface area contributed by atoms with Crippen LogP contribution in [-0.4, -0.2) is 66.2 Å². The molecule has 188 valence electrons. The molecule has 0 aliphatic carbocycles. The van der Waals surface area contributed by atoms with Gasteiger partial charge in [0.25, 0.3) is 5.91 Å². The number of benzene rings is 1. The second-order valence-electron chi connectivity index (χ2n) is 9.22. The summed E-state index contributed by atoms with van der Waals surface area (Å²) >= 11 is 0. The maximum Gasteiger partial charge on any atom is 0.268 e. The lowest BCUT2D eigenvalue weighted by atomic mass is 9.99. The monoisotopic (exact) mass is 482 g/mol. The zero-order valence-electron chi connectivity index (χ0n) is 20.7. The molecule has 0 unspecified atom stereocenters. The molecular formula is C26H34N4O5. The van der Waals surface area contributed by atoms with Crippen LogP contribution in [0.3, 0.4) is 0 Å². The van der Waals surface area contributed by atoms with E-state index >= 15 is 0 Å². The molecule has 1 fully saturated rings. The van der Waals surface area contributed by atoms with Crippen LogP contribution in [0.4, 0.5) is 0 Å². The van der Waals surface area contributed by atoms with E-state index in [0.29, 0.717) is 30.8 Å². The highest BCUT2D eigenvalue weighted by Gasteiger charge is 2.31. The van der Waals surface area contributed by atoms with Gasteiger partial charge < -0.3 is 25.3 Å². The summed E-state index contributed by atoms with van der Waals surface area (Å²) in [5.41, 5.74) is 1.06. The maximum absolute atomic E-state index is 13.3. The summed E-state index contributed by atoms with van der Waals surface area (Å²) in [4.78, 5) is 55.6. The van der Waals surface area contributed by atoms with Crippen LogP contribution in [0.1, 0.15) is 44.1 Å². The number of fused-ring (bicyclic) bond motifs is 1. The third-order valence-electron chi connectivity index (χ3n) is 6.06. The molecule has 2 heterocycles. The van der Waals surface area contributed by atoms with Crippen molar-refractivity contribution in [3.8, 4) is 5.75 Å². The van der Waals surface area contributed by atoms with E-state index in [2.05, 4.69) is 15.6 Å². The lowest BCUT2D eigenvalue weighted by Crippen LogP contribution is -2.48. The molecule has 1 aromatic carbocycles. The summed E-state index contributed by atoms with van der Waals surface area (Å²) in [5.74, 6) is -0.721. The van der Waals surface area contributed by atoms with Crippen molar-refractivity contribution < 1.29 is 23.9 Å². The fourth-order valence-corrected chi connectivity index (χ4v) is 4.27. The predicted molar refractivity (Wildman–Crippen MR) is 133 cm³/mol. The normalized spacial score (nSPS) is 16.5. The van der Waals surface area contributed by atoms with Crippen LogP contribution in [-0.2, 0) is 14.4 Å². The van der Waals surface area contributed by atoms with Gasteiger partial charge in [0.2, 0.25) is 11.8 Å². The van der Waals surface area contributed by atoms with E-state index in [1.807, 2.05) is 32.0 Å².